The molecule has 0 spiro atoms. The molecule has 0 fully saturated rings. The molecule has 2 aromatic rings. The van der Waals surface area contributed by atoms with E-state index in [0.717, 1.165) is 16.1 Å². The number of thioether (sulfide) groups is 1. The summed E-state index contributed by atoms with van der Waals surface area (Å²) in [5.41, 5.74) is 1.48. The van der Waals surface area contributed by atoms with Crippen LogP contribution in [0.4, 0.5) is 10.1 Å². The van der Waals surface area contributed by atoms with Crippen LogP contribution in [0.5, 0.6) is 0 Å². The molecule has 0 aliphatic rings. The van der Waals surface area contributed by atoms with E-state index in [-0.39, 0.29) is 30.7 Å². The Bertz CT molecular complexity index is 800. The lowest BCUT2D eigenvalue weighted by Crippen LogP contribution is -2.39. The van der Waals surface area contributed by atoms with E-state index < -0.39 is 0 Å². The van der Waals surface area contributed by atoms with Gasteiger partial charge < -0.3 is 10.2 Å². The molecule has 2 amide bonds. The van der Waals surface area contributed by atoms with Gasteiger partial charge in [-0.25, -0.2) is 4.39 Å². The van der Waals surface area contributed by atoms with Crippen LogP contribution < -0.4 is 5.32 Å². The van der Waals surface area contributed by atoms with E-state index >= 15 is 0 Å². The highest BCUT2D eigenvalue weighted by Gasteiger charge is 2.15. The van der Waals surface area contributed by atoms with Gasteiger partial charge in [0.05, 0.1) is 18.8 Å². The van der Waals surface area contributed by atoms with Gasteiger partial charge in [0.15, 0.2) is 0 Å². The second-order valence-corrected chi connectivity index (χ2v) is 7.15. The zero-order chi connectivity index (χ0) is 19.8. The van der Waals surface area contributed by atoms with Crippen LogP contribution in [0.3, 0.4) is 0 Å². The van der Waals surface area contributed by atoms with Gasteiger partial charge in [0.2, 0.25) is 11.8 Å². The van der Waals surface area contributed by atoms with E-state index in [1.54, 1.807) is 42.9 Å². The lowest BCUT2D eigenvalue weighted by atomic mass is 10.2. The molecule has 0 bridgehead atoms. The van der Waals surface area contributed by atoms with E-state index in [9.17, 15) is 14.0 Å². The fraction of sp³-hybridized carbons (Fsp3) is 0.300. The van der Waals surface area contributed by atoms with Crippen molar-refractivity contribution in [3.63, 3.8) is 0 Å². The minimum Gasteiger partial charge on any atom is -0.340 e. The molecule has 0 radical (unpaired) electrons. The van der Waals surface area contributed by atoms with Gasteiger partial charge in [-0.05, 0) is 43.1 Å². The Morgan fingerprint density at radius 1 is 1.07 bits per heavy atom. The number of carbonyl (C=O) groups excluding carboxylic acids is 2. The Morgan fingerprint density at radius 2 is 1.81 bits per heavy atom. The van der Waals surface area contributed by atoms with Gasteiger partial charge in [-0.3, -0.25) is 14.5 Å². The van der Waals surface area contributed by atoms with Crippen LogP contribution in [0.25, 0.3) is 0 Å². The minimum absolute atomic E-state index is 0.0995. The smallest absolute Gasteiger partial charge is 0.238 e. The normalized spacial score (nSPS) is 10.7. The second-order valence-electron chi connectivity index (χ2n) is 6.30. The highest BCUT2D eigenvalue weighted by molar-refractivity contribution is 7.98. The molecule has 2 aromatic carbocycles. The quantitative estimate of drug-likeness (QED) is 0.705. The Hall–Kier alpha value is -2.38. The molecule has 0 saturated heterocycles. The fourth-order valence-electron chi connectivity index (χ4n) is 2.59. The summed E-state index contributed by atoms with van der Waals surface area (Å²) in [6.07, 6.45) is 1.95. The monoisotopic (exact) mass is 389 g/mol. The fourth-order valence-corrected chi connectivity index (χ4v) is 3.14. The summed E-state index contributed by atoms with van der Waals surface area (Å²) >= 11 is 1.56. The number of anilines is 1. The molecule has 0 aromatic heterocycles. The Labute approximate surface area is 163 Å². The first-order valence-corrected chi connectivity index (χ1v) is 9.71. The first kappa shape index (κ1) is 20.9. The van der Waals surface area contributed by atoms with Crippen LogP contribution in [0.1, 0.15) is 5.56 Å². The standard InChI is InChI=1S/C20H24FN3O2S/c1-23(13-19(25)22-17-9-4-5-10-18(17)27-3)14-20(26)24(2)12-15-7-6-8-16(21)11-15/h4-11H,12-14H2,1-3H3,(H,22,25). The molecule has 0 aliphatic heterocycles. The molecule has 5 nitrogen and oxygen atoms in total. The third-order valence-electron chi connectivity index (χ3n) is 3.93. The lowest BCUT2D eigenvalue weighted by Gasteiger charge is -2.22. The molecular weight excluding hydrogens is 365 g/mol. The third-order valence-corrected chi connectivity index (χ3v) is 4.73. The van der Waals surface area contributed by atoms with E-state index in [1.807, 2.05) is 30.5 Å². The number of benzene rings is 2. The van der Waals surface area contributed by atoms with Crippen LogP contribution in [0, 0.1) is 5.82 Å². The molecule has 0 unspecified atom stereocenters. The Balaban J connectivity index is 1.84. The van der Waals surface area contributed by atoms with Gasteiger partial charge in [0.1, 0.15) is 5.82 Å². The summed E-state index contributed by atoms with van der Waals surface area (Å²) in [4.78, 5) is 28.7. The van der Waals surface area contributed by atoms with Crippen molar-refractivity contribution in [2.24, 2.45) is 0 Å². The van der Waals surface area contributed by atoms with Crippen molar-refractivity contribution in [1.82, 2.24) is 9.80 Å². The zero-order valence-corrected chi connectivity index (χ0v) is 16.6. The Morgan fingerprint density at radius 3 is 2.52 bits per heavy atom. The Kier molecular flexibility index (Phi) is 7.82. The predicted molar refractivity (Wildman–Crippen MR) is 107 cm³/mol. The van der Waals surface area contributed by atoms with Gasteiger partial charge in [0.25, 0.3) is 0 Å². The number of rotatable bonds is 8. The molecule has 0 heterocycles. The molecule has 27 heavy (non-hydrogen) atoms. The van der Waals surface area contributed by atoms with Gasteiger partial charge in [0, 0.05) is 18.5 Å². The molecule has 0 saturated carbocycles. The topological polar surface area (TPSA) is 52.7 Å². The number of hydrogen-bond donors (Lipinski definition) is 1. The van der Waals surface area contributed by atoms with Crippen molar-refractivity contribution in [3.8, 4) is 0 Å². The molecule has 1 N–H and O–H groups in total. The van der Waals surface area contributed by atoms with E-state index in [1.165, 1.54) is 17.0 Å². The summed E-state index contributed by atoms with van der Waals surface area (Å²) < 4.78 is 13.2. The lowest BCUT2D eigenvalue weighted by molar-refractivity contribution is -0.131. The van der Waals surface area contributed by atoms with Gasteiger partial charge >= 0.3 is 0 Å². The first-order chi connectivity index (χ1) is 12.9. The second kappa shape index (κ2) is 10.1. The summed E-state index contributed by atoms with van der Waals surface area (Å²) in [5.74, 6) is -0.647. The third kappa shape index (κ3) is 6.69. The number of amides is 2. The highest BCUT2D eigenvalue weighted by Crippen LogP contribution is 2.24. The van der Waals surface area contributed by atoms with Crippen LogP contribution in [0.2, 0.25) is 0 Å². The minimum atomic E-state index is -0.326. The summed E-state index contributed by atoms with van der Waals surface area (Å²) in [6, 6.07) is 13.7. The van der Waals surface area contributed by atoms with Crippen molar-refractivity contribution in [2.45, 2.75) is 11.4 Å². The summed E-state index contributed by atoms with van der Waals surface area (Å²) in [7, 11) is 3.38. The van der Waals surface area contributed by atoms with E-state index in [2.05, 4.69) is 5.32 Å². The van der Waals surface area contributed by atoms with Crippen LogP contribution >= 0.6 is 11.8 Å². The van der Waals surface area contributed by atoms with Crippen molar-refractivity contribution in [1.29, 1.82) is 0 Å². The highest BCUT2D eigenvalue weighted by atomic mass is 32.2. The van der Waals surface area contributed by atoms with Crippen LogP contribution in [-0.4, -0.2) is 55.1 Å². The maximum Gasteiger partial charge on any atom is 0.238 e. The maximum absolute atomic E-state index is 13.2. The van der Waals surface area contributed by atoms with Crippen LogP contribution in [0.15, 0.2) is 53.4 Å². The number of hydrogen-bond acceptors (Lipinski definition) is 4. The average molecular weight is 389 g/mol. The number of nitrogens with zero attached hydrogens (tertiary/aromatic N) is 2. The number of likely N-dealkylation sites (N-methyl/N-ethyl adjacent to an activating group) is 2. The van der Waals surface area contributed by atoms with Crippen molar-refractivity contribution in [3.05, 3.63) is 59.9 Å². The van der Waals surface area contributed by atoms with E-state index in [0.29, 0.717) is 6.54 Å². The number of halogens is 1. The molecule has 0 atom stereocenters. The molecule has 7 heteroatoms. The largest absolute Gasteiger partial charge is 0.340 e. The molecule has 0 aliphatic carbocycles. The van der Waals surface area contributed by atoms with Gasteiger partial charge in [-0.15, -0.1) is 11.8 Å². The van der Waals surface area contributed by atoms with Crippen molar-refractivity contribution < 1.29 is 14.0 Å². The summed E-state index contributed by atoms with van der Waals surface area (Å²) in [6.45, 7) is 0.517. The van der Waals surface area contributed by atoms with Crippen LogP contribution in [-0.2, 0) is 16.1 Å². The SMILES string of the molecule is CSc1ccccc1NC(=O)CN(C)CC(=O)N(C)Cc1cccc(F)c1. The number of carbonyl (C=O) groups is 2. The maximum atomic E-state index is 13.2. The van der Waals surface area contributed by atoms with Crippen molar-refractivity contribution >= 4 is 29.3 Å². The van der Waals surface area contributed by atoms with Crippen molar-refractivity contribution in [2.75, 3.05) is 38.8 Å². The van der Waals surface area contributed by atoms with Gasteiger partial charge in [-0.2, -0.15) is 0 Å². The number of para-hydroxylation sites is 1. The molecule has 144 valence electrons. The van der Waals surface area contributed by atoms with Gasteiger partial charge in [-0.1, -0.05) is 24.3 Å². The zero-order valence-electron chi connectivity index (χ0n) is 15.7. The number of nitrogens with one attached hydrogen (secondary N) is 1. The van der Waals surface area contributed by atoms with E-state index in [4.69, 9.17) is 0 Å². The first-order valence-electron chi connectivity index (χ1n) is 8.49. The molecule has 2 rings (SSSR count). The predicted octanol–water partition coefficient (Wildman–Crippen LogP) is 3.08. The average Bonchev–Trinajstić information content (AvgIpc) is 2.61. The summed E-state index contributed by atoms with van der Waals surface area (Å²) in [5, 5.41) is 2.87. The molecular formula is C20H24FN3O2S.